The molecule has 4 nitrogen and oxygen atoms in total. The molecule has 2 N–H and O–H groups in total. The van der Waals surface area contributed by atoms with Gasteiger partial charge >= 0.3 is 0 Å². The molecule has 0 saturated heterocycles. The smallest absolute Gasteiger partial charge is 0.239 e. The Labute approximate surface area is 163 Å². The van der Waals surface area contributed by atoms with Gasteiger partial charge in [0.15, 0.2) is 0 Å². The van der Waals surface area contributed by atoms with Crippen LogP contribution in [0.15, 0.2) is 42.5 Å². The number of nitrogens with one attached hydrogen (secondary N) is 2. The number of benzene rings is 2. The molecule has 3 rings (SSSR count). The summed E-state index contributed by atoms with van der Waals surface area (Å²) < 4.78 is 0. The molecule has 0 saturated carbocycles. The predicted molar refractivity (Wildman–Crippen MR) is 112 cm³/mol. The summed E-state index contributed by atoms with van der Waals surface area (Å²) >= 11 is 0. The minimum Gasteiger partial charge on any atom is -0.376 e. The first kappa shape index (κ1) is 19.4. The van der Waals surface area contributed by atoms with E-state index in [0.29, 0.717) is 25.0 Å². The Bertz CT molecular complexity index is 800. The molecule has 0 spiro atoms. The highest BCUT2D eigenvalue weighted by atomic mass is 16.1. The summed E-state index contributed by atoms with van der Waals surface area (Å²) in [5.41, 5.74) is 6.11. The summed E-state index contributed by atoms with van der Waals surface area (Å²) in [5.74, 6) is 0.641. The first-order valence-electron chi connectivity index (χ1n) is 9.85. The van der Waals surface area contributed by atoms with E-state index in [2.05, 4.69) is 73.6 Å². The van der Waals surface area contributed by atoms with Crippen LogP contribution in [0.5, 0.6) is 0 Å². The highest BCUT2D eigenvalue weighted by molar-refractivity contribution is 5.81. The molecule has 0 bridgehead atoms. The molecule has 1 heterocycles. The van der Waals surface area contributed by atoms with Crippen molar-refractivity contribution in [2.45, 2.75) is 53.4 Å². The predicted octanol–water partition coefficient (Wildman–Crippen LogP) is 4.08. The summed E-state index contributed by atoms with van der Waals surface area (Å²) in [6.45, 7) is 11.7. The van der Waals surface area contributed by atoms with Gasteiger partial charge in [0, 0.05) is 31.4 Å². The number of fused-ring (bicyclic) bond motifs is 1. The van der Waals surface area contributed by atoms with E-state index in [0.717, 1.165) is 24.3 Å². The molecule has 2 aromatic carbocycles. The highest BCUT2D eigenvalue weighted by Gasteiger charge is 2.26. The fourth-order valence-corrected chi connectivity index (χ4v) is 3.58. The Morgan fingerprint density at radius 1 is 1.11 bits per heavy atom. The maximum absolute atomic E-state index is 12.3. The zero-order valence-corrected chi connectivity index (χ0v) is 16.9. The fraction of sp³-hybridized carbons (Fsp3) is 0.435. The number of rotatable bonds is 7. The van der Waals surface area contributed by atoms with E-state index < -0.39 is 0 Å². The van der Waals surface area contributed by atoms with Gasteiger partial charge in [-0.2, -0.15) is 0 Å². The Morgan fingerprint density at radius 3 is 2.63 bits per heavy atom. The zero-order valence-electron chi connectivity index (χ0n) is 16.9. The monoisotopic (exact) mass is 365 g/mol. The van der Waals surface area contributed by atoms with Crippen LogP contribution in [0, 0.1) is 12.8 Å². The van der Waals surface area contributed by atoms with Crippen LogP contribution in [0.3, 0.4) is 0 Å². The third kappa shape index (κ3) is 4.89. The van der Waals surface area contributed by atoms with E-state index in [1.165, 1.54) is 16.7 Å². The summed E-state index contributed by atoms with van der Waals surface area (Å²) in [4.78, 5) is 14.8. The van der Waals surface area contributed by atoms with E-state index in [4.69, 9.17) is 0 Å². The van der Waals surface area contributed by atoms with Crippen molar-refractivity contribution in [3.05, 3.63) is 64.7 Å². The maximum atomic E-state index is 12.3. The first-order chi connectivity index (χ1) is 12.9. The Kier molecular flexibility index (Phi) is 6.17. The molecule has 1 aliphatic rings. The van der Waals surface area contributed by atoms with Crippen molar-refractivity contribution in [2.24, 2.45) is 5.92 Å². The third-order valence-corrected chi connectivity index (χ3v) is 5.56. The average Bonchev–Trinajstić information content (AvgIpc) is 3.08. The number of anilines is 1. The first-order valence-corrected chi connectivity index (χ1v) is 9.85. The van der Waals surface area contributed by atoms with E-state index in [-0.39, 0.29) is 5.91 Å². The van der Waals surface area contributed by atoms with Crippen LogP contribution >= 0.6 is 0 Å². The van der Waals surface area contributed by atoms with Crippen LogP contribution in [-0.2, 0) is 24.4 Å². The standard InChI is InChI=1S/C23H31N3O/c1-16(2)18(4)26-14-20-9-6-10-22(21(20)15-26)24-13-23(27)25-12-19-8-5-7-17(3)11-19/h5-11,16,18,24H,12-15H2,1-4H3,(H,25,27). The highest BCUT2D eigenvalue weighted by Crippen LogP contribution is 2.31. The van der Waals surface area contributed by atoms with E-state index in [1.807, 2.05) is 12.1 Å². The van der Waals surface area contributed by atoms with Gasteiger partial charge in [-0.15, -0.1) is 0 Å². The lowest BCUT2D eigenvalue weighted by Gasteiger charge is -2.27. The second kappa shape index (κ2) is 8.57. The van der Waals surface area contributed by atoms with Gasteiger partial charge in [0.25, 0.3) is 0 Å². The van der Waals surface area contributed by atoms with Crippen molar-refractivity contribution >= 4 is 11.6 Å². The molecule has 1 atom stereocenters. The molecule has 1 aliphatic heterocycles. The van der Waals surface area contributed by atoms with Gasteiger partial charge in [-0.1, -0.05) is 55.8 Å². The molecular formula is C23H31N3O. The SMILES string of the molecule is Cc1cccc(CNC(=O)CNc2cccc3c2CN(C(C)C(C)C)C3)c1. The minimum atomic E-state index is 0.0134. The van der Waals surface area contributed by atoms with Crippen LogP contribution in [0.25, 0.3) is 0 Å². The van der Waals surface area contributed by atoms with Crippen LogP contribution in [0.1, 0.15) is 43.0 Å². The van der Waals surface area contributed by atoms with Gasteiger partial charge in [-0.05, 0) is 42.5 Å². The average molecular weight is 366 g/mol. The van der Waals surface area contributed by atoms with Crippen molar-refractivity contribution in [3.63, 3.8) is 0 Å². The Morgan fingerprint density at radius 2 is 1.89 bits per heavy atom. The van der Waals surface area contributed by atoms with E-state index >= 15 is 0 Å². The van der Waals surface area contributed by atoms with Gasteiger partial charge in [0.2, 0.25) is 5.91 Å². The fourth-order valence-electron chi connectivity index (χ4n) is 3.58. The number of carbonyl (C=O) groups excluding carboxylic acids is 1. The lowest BCUT2D eigenvalue weighted by Crippen LogP contribution is -2.32. The van der Waals surface area contributed by atoms with E-state index in [9.17, 15) is 4.79 Å². The minimum absolute atomic E-state index is 0.0134. The lowest BCUT2D eigenvalue weighted by molar-refractivity contribution is -0.119. The number of amides is 1. The molecular weight excluding hydrogens is 334 g/mol. The van der Waals surface area contributed by atoms with Gasteiger partial charge in [0.05, 0.1) is 6.54 Å². The van der Waals surface area contributed by atoms with Crippen molar-refractivity contribution in [1.82, 2.24) is 10.2 Å². The molecule has 1 unspecified atom stereocenters. The van der Waals surface area contributed by atoms with Crippen molar-refractivity contribution in [3.8, 4) is 0 Å². The molecule has 0 aromatic heterocycles. The van der Waals surface area contributed by atoms with Crippen molar-refractivity contribution in [1.29, 1.82) is 0 Å². The van der Waals surface area contributed by atoms with Crippen LogP contribution < -0.4 is 10.6 Å². The molecule has 144 valence electrons. The normalized spacial score (nSPS) is 14.9. The maximum Gasteiger partial charge on any atom is 0.239 e. The van der Waals surface area contributed by atoms with Crippen LogP contribution in [-0.4, -0.2) is 23.4 Å². The number of hydrogen-bond acceptors (Lipinski definition) is 3. The summed E-state index contributed by atoms with van der Waals surface area (Å²) in [6.07, 6.45) is 0. The van der Waals surface area contributed by atoms with Gasteiger partial charge in [-0.25, -0.2) is 0 Å². The van der Waals surface area contributed by atoms with Gasteiger partial charge in [-0.3, -0.25) is 9.69 Å². The van der Waals surface area contributed by atoms with Gasteiger partial charge < -0.3 is 10.6 Å². The number of carbonyl (C=O) groups is 1. The topological polar surface area (TPSA) is 44.4 Å². The third-order valence-electron chi connectivity index (χ3n) is 5.56. The van der Waals surface area contributed by atoms with Crippen LogP contribution in [0.4, 0.5) is 5.69 Å². The number of aryl methyl sites for hydroxylation is 1. The summed E-state index contributed by atoms with van der Waals surface area (Å²) in [5, 5.41) is 6.34. The van der Waals surface area contributed by atoms with E-state index in [1.54, 1.807) is 0 Å². The molecule has 0 radical (unpaired) electrons. The molecule has 0 aliphatic carbocycles. The lowest BCUT2D eigenvalue weighted by atomic mass is 10.1. The quantitative estimate of drug-likeness (QED) is 0.777. The molecule has 0 fully saturated rings. The number of nitrogens with zero attached hydrogens (tertiary/aromatic N) is 1. The summed E-state index contributed by atoms with van der Waals surface area (Å²) in [6, 6.07) is 15.1. The molecule has 27 heavy (non-hydrogen) atoms. The largest absolute Gasteiger partial charge is 0.376 e. The molecule has 1 amide bonds. The Hall–Kier alpha value is -2.33. The number of hydrogen-bond donors (Lipinski definition) is 2. The molecule has 4 heteroatoms. The zero-order chi connectivity index (χ0) is 19.4. The second-order valence-corrected chi connectivity index (χ2v) is 7.95. The summed E-state index contributed by atoms with van der Waals surface area (Å²) in [7, 11) is 0. The van der Waals surface area contributed by atoms with Crippen molar-refractivity contribution < 1.29 is 4.79 Å². The van der Waals surface area contributed by atoms with Crippen LogP contribution in [0.2, 0.25) is 0 Å². The van der Waals surface area contributed by atoms with Gasteiger partial charge in [0.1, 0.15) is 0 Å². The second-order valence-electron chi connectivity index (χ2n) is 7.95. The molecule has 2 aromatic rings. The Balaban J connectivity index is 1.55. The van der Waals surface area contributed by atoms with Crippen molar-refractivity contribution in [2.75, 3.05) is 11.9 Å².